The van der Waals surface area contributed by atoms with Crippen LogP contribution in [-0.4, -0.2) is 15.9 Å². The van der Waals surface area contributed by atoms with Crippen LogP contribution in [0.25, 0.3) is 22.4 Å². The number of H-pyrrole nitrogens is 1. The highest BCUT2D eigenvalue weighted by Crippen LogP contribution is 2.22. The molecule has 0 fully saturated rings. The summed E-state index contributed by atoms with van der Waals surface area (Å²) >= 11 is 0. The Morgan fingerprint density at radius 3 is 2.16 bits per heavy atom. The standard InChI is InChI=1S/C27H21N3O/c31-27(22-12-10-20(11-13-22)18-19-6-2-1-3-7-19)28-23-16-14-21(15-17-23)26-29-24-8-4-5-9-25(24)30-26/h1-17H,18H2,(H,28,31)(H,29,30). The van der Waals surface area contributed by atoms with Crippen molar-refractivity contribution in [3.63, 3.8) is 0 Å². The van der Waals surface area contributed by atoms with Crippen LogP contribution in [0.4, 0.5) is 5.69 Å². The van der Waals surface area contributed by atoms with Crippen molar-refractivity contribution in [3.8, 4) is 11.4 Å². The van der Waals surface area contributed by atoms with Crippen LogP contribution in [0.15, 0.2) is 103 Å². The Bertz CT molecular complexity index is 1290. The van der Waals surface area contributed by atoms with Gasteiger partial charge in [0.05, 0.1) is 11.0 Å². The Balaban J connectivity index is 1.26. The fourth-order valence-corrected chi connectivity index (χ4v) is 3.61. The summed E-state index contributed by atoms with van der Waals surface area (Å²) in [6.45, 7) is 0. The van der Waals surface area contributed by atoms with Gasteiger partial charge in [0.1, 0.15) is 5.82 Å². The quantitative estimate of drug-likeness (QED) is 0.374. The molecule has 0 atom stereocenters. The molecule has 0 aliphatic rings. The molecule has 0 saturated carbocycles. The molecule has 1 amide bonds. The molecule has 0 aliphatic carbocycles. The number of carbonyl (C=O) groups is 1. The summed E-state index contributed by atoms with van der Waals surface area (Å²) in [7, 11) is 0. The fraction of sp³-hybridized carbons (Fsp3) is 0.0370. The van der Waals surface area contributed by atoms with E-state index in [0.717, 1.165) is 34.5 Å². The van der Waals surface area contributed by atoms with E-state index >= 15 is 0 Å². The van der Waals surface area contributed by atoms with Crippen LogP contribution in [0.5, 0.6) is 0 Å². The topological polar surface area (TPSA) is 57.8 Å². The third kappa shape index (κ3) is 4.23. The molecule has 0 spiro atoms. The number of fused-ring (bicyclic) bond motifs is 1. The van der Waals surface area contributed by atoms with Crippen LogP contribution in [-0.2, 0) is 6.42 Å². The average molecular weight is 403 g/mol. The van der Waals surface area contributed by atoms with E-state index in [-0.39, 0.29) is 5.91 Å². The summed E-state index contributed by atoms with van der Waals surface area (Å²) in [6, 6.07) is 33.7. The van der Waals surface area contributed by atoms with Crippen molar-refractivity contribution in [1.29, 1.82) is 0 Å². The number of carbonyl (C=O) groups excluding carboxylic acids is 1. The maximum Gasteiger partial charge on any atom is 0.255 e. The van der Waals surface area contributed by atoms with Gasteiger partial charge < -0.3 is 10.3 Å². The molecule has 5 rings (SSSR count). The van der Waals surface area contributed by atoms with E-state index in [9.17, 15) is 4.79 Å². The zero-order chi connectivity index (χ0) is 21.0. The molecule has 31 heavy (non-hydrogen) atoms. The molecule has 4 aromatic carbocycles. The first kappa shape index (κ1) is 18.8. The number of imidazole rings is 1. The van der Waals surface area contributed by atoms with E-state index < -0.39 is 0 Å². The van der Waals surface area contributed by atoms with Gasteiger partial charge in [-0.15, -0.1) is 0 Å². The van der Waals surface area contributed by atoms with E-state index in [2.05, 4.69) is 27.4 Å². The van der Waals surface area contributed by atoms with Crippen LogP contribution >= 0.6 is 0 Å². The number of nitrogens with one attached hydrogen (secondary N) is 2. The predicted octanol–water partition coefficient (Wildman–Crippen LogP) is 6.07. The number of aromatic amines is 1. The lowest BCUT2D eigenvalue weighted by atomic mass is 10.0. The Labute approximate surface area is 180 Å². The molecule has 0 unspecified atom stereocenters. The van der Waals surface area contributed by atoms with Crippen molar-refractivity contribution in [2.75, 3.05) is 5.32 Å². The van der Waals surface area contributed by atoms with Crippen molar-refractivity contribution in [1.82, 2.24) is 9.97 Å². The van der Waals surface area contributed by atoms with Gasteiger partial charge in [0.2, 0.25) is 0 Å². The van der Waals surface area contributed by atoms with Gasteiger partial charge in [-0.05, 0) is 66.1 Å². The smallest absolute Gasteiger partial charge is 0.255 e. The molecule has 4 nitrogen and oxygen atoms in total. The third-order valence-corrected chi connectivity index (χ3v) is 5.27. The lowest BCUT2D eigenvalue weighted by Gasteiger charge is -2.07. The minimum absolute atomic E-state index is 0.122. The molecular formula is C27H21N3O. The van der Waals surface area contributed by atoms with E-state index in [1.807, 2.05) is 91.0 Å². The first-order valence-electron chi connectivity index (χ1n) is 10.2. The highest BCUT2D eigenvalue weighted by molar-refractivity contribution is 6.04. The zero-order valence-corrected chi connectivity index (χ0v) is 16.9. The van der Waals surface area contributed by atoms with Crippen molar-refractivity contribution in [2.24, 2.45) is 0 Å². The summed E-state index contributed by atoms with van der Waals surface area (Å²) in [5.74, 6) is 0.691. The van der Waals surface area contributed by atoms with Gasteiger partial charge >= 0.3 is 0 Å². The number of benzene rings is 4. The lowest BCUT2D eigenvalue weighted by molar-refractivity contribution is 0.102. The van der Waals surface area contributed by atoms with Crippen molar-refractivity contribution in [2.45, 2.75) is 6.42 Å². The average Bonchev–Trinajstić information content (AvgIpc) is 3.25. The summed E-state index contributed by atoms with van der Waals surface area (Å²) in [5, 5.41) is 2.96. The van der Waals surface area contributed by atoms with Gasteiger partial charge in [0.25, 0.3) is 5.91 Å². The monoisotopic (exact) mass is 403 g/mol. The minimum Gasteiger partial charge on any atom is -0.338 e. The molecule has 1 heterocycles. The van der Waals surface area contributed by atoms with Crippen molar-refractivity contribution >= 4 is 22.6 Å². The summed E-state index contributed by atoms with van der Waals surface area (Å²) in [6.07, 6.45) is 0.853. The maximum atomic E-state index is 12.6. The highest BCUT2D eigenvalue weighted by atomic mass is 16.1. The molecule has 150 valence electrons. The van der Waals surface area contributed by atoms with Gasteiger partial charge in [0.15, 0.2) is 0 Å². The number of nitrogens with zero attached hydrogens (tertiary/aromatic N) is 1. The van der Waals surface area contributed by atoms with Crippen LogP contribution < -0.4 is 5.32 Å². The normalized spacial score (nSPS) is 10.8. The van der Waals surface area contributed by atoms with Crippen LogP contribution in [0.2, 0.25) is 0 Å². The number of para-hydroxylation sites is 2. The highest BCUT2D eigenvalue weighted by Gasteiger charge is 2.08. The molecule has 0 aliphatic heterocycles. The number of anilines is 1. The third-order valence-electron chi connectivity index (χ3n) is 5.27. The van der Waals surface area contributed by atoms with Crippen LogP contribution in [0, 0.1) is 0 Å². The van der Waals surface area contributed by atoms with E-state index in [0.29, 0.717) is 5.56 Å². The molecule has 0 bridgehead atoms. The number of hydrogen-bond acceptors (Lipinski definition) is 2. The molecule has 4 heteroatoms. The minimum atomic E-state index is -0.122. The Hall–Kier alpha value is -4.18. The van der Waals surface area contributed by atoms with E-state index in [4.69, 9.17) is 0 Å². The second-order valence-corrected chi connectivity index (χ2v) is 7.49. The Morgan fingerprint density at radius 1 is 0.742 bits per heavy atom. The summed E-state index contributed by atoms with van der Waals surface area (Å²) in [4.78, 5) is 20.6. The molecule has 5 aromatic rings. The SMILES string of the molecule is O=C(Nc1ccc(-c2nc3ccccc3[nH]2)cc1)c1ccc(Cc2ccccc2)cc1. The number of hydrogen-bond donors (Lipinski definition) is 2. The summed E-state index contributed by atoms with van der Waals surface area (Å²) < 4.78 is 0. The van der Waals surface area contributed by atoms with Crippen LogP contribution in [0.1, 0.15) is 21.5 Å². The number of rotatable bonds is 5. The maximum absolute atomic E-state index is 12.6. The van der Waals surface area contributed by atoms with Gasteiger partial charge in [-0.25, -0.2) is 4.98 Å². The first-order valence-corrected chi connectivity index (χ1v) is 10.2. The second-order valence-electron chi connectivity index (χ2n) is 7.49. The molecule has 2 N–H and O–H groups in total. The van der Waals surface area contributed by atoms with E-state index in [1.165, 1.54) is 11.1 Å². The molecule has 0 saturated heterocycles. The Morgan fingerprint density at radius 2 is 1.42 bits per heavy atom. The van der Waals surface area contributed by atoms with Gasteiger partial charge in [-0.1, -0.05) is 54.6 Å². The molecule has 1 aromatic heterocycles. The lowest BCUT2D eigenvalue weighted by Crippen LogP contribution is -2.11. The number of amides is 1. The molecular weight excluding hydrogens is 382 g/mol. The van der Waals surface area contributed by atoms with Crippen LogP contribution in [0.3, 0.4) is 0 Å². The largest absolute Gasteiger partial charge is 0.338 e. The van der Waals surface area contributed by atoms with Gasteiger partial charge in [-0.2, -0.15) is 0 Å². The summed E-state index contributed by atoms with van der Waals surface area (Å²) in [5.41, 5.74) is 6.73. The van der Waals surface area contributed by atoms with Crippen molar-refractivity contribution in [3.05, 3.63) is 120 Å². The zero-order valence-electron chi connectivity index (χ0n) is 16.9. The second kappa shape index (κ2) is 8.28. The molecule has 0 radical (unpaired) electrons. The van der Waals surface area contributed by atoms with Gasteiger partial charge in [0, 0.05) is 16.8 Å². The van der Waals surface area contributed by atoms with Crippen molar-refractivity contribution < 1.29 is 4.79 Å². The number of aromatic nitrogens is 2. The van der Waals surface area contributed by atoms with E-state index in [1.54, 1.807) is 0 Å². The fourth-order valence-electron chi connectivity index (χ4n) is 3.61. The first-order chi connectivity index (χ1) is 15.2. The predicted molar refractivity (Wildman–Crippen MR) is 125 cm³/mol. The Kier molecular flexibility index (Phi) is 5.03. The van der Waals surface area contributed by atoms with Gasteiger partial charge in [-0.3, -0.25) is 4.79 Å².